The summed E-state index contributed by atoms with van der Waals surface area (Å²) in [6.07, 6.45) is 2.98. The van der Waals surface area contributed by atoms with Gasteiger partial charge in [0.25, 0.3) is 10.0 Å². The number of nitriles is 1. The first-order valence-electron chi connectivity index (χ1n) is 6.73. The van der Waals surface area contributed by atoms with Crippen molar-refractivity contribution < 1.29 is 13.2 Å². The maximum absolute atomic E-state index is 12.3. The van der Waals surface area contributed by atoms with E-state index in [0.717, 1.165) is 28.5 Å². The van der Waals surface area contributed by atoms with Gasteiger partial charge in [0.1, 0.15) is 9.75 Å². The van der Waals surface area contributed by atoms with Gasteiger partial charge in [-0.15, -0.1) is 11.3 Å². The number of nitrogens with one attached hydrogen (secondary N) is 1. The Morgan fingerprint density at radius 2 is 2.14 bits per heavy atom. The molecule has 9 heteroatoms. The molecule has 22 heavy (non-hydrogen) atoms. The van der Waals surface area contributed by atoms with Crippen LogP contribution in [0.5, 0.6) is 0 Å². The van der Waals surface area contributed by atoms with Crippen molar-refractivity contribution in [2.45, 2.75) is 35.4 Å². The number of hydrogen-bond acceptors (Lipinski definition) is 5. The topological polar surface area (TPSA) is 90.3 Å². The molecule has 0 atom stereocenters. The molecule has 1 aliphatic rings. The van der Waals surface area contributed by atoms with Crippen LogP contribution in [0.1, 0.15) is 25.7 Å². The predicted molar refractivity (Wildman–Crippen MR) is 84.1 cm³/mol. The number of sulfonamides is 1. The lowest BCUT2D eigenvalue weighted by Crippen LogP contribution is -2.49. The molecule has 120 valence electrons. The second-order valence-corrected chi connectivity index (χ2v) is 9.26. The monoisotopic (exact) mass is 361 g/mol. The second kappa shape index (κ2) is 6.54. The molecule has 0 radical (unpaired) electrons. The Balaban J connectivity index is 2.04. The molecule has 2 rings (SSSR count). The summed E-state index contributed by atoms with van der Waals surface area (Å²) in [5.41, 5.74) is -0.853. The molecule has 0 spiro atoms. The summed E-state index contributed by atoms with van der Waals surface area (Å²) in [5.74, 6) is -0.475. The lowest BCUT2D eigenvalue weighted by atomic mass is 10.00. The Morgan fingerprint density at radius 3 is 2.64 bits per heavy atom. The molecule has 6 nitrogen and oxygen atoms in total. The first kappa shape index (κ1) is 17.2. The number of likely N-dealkylation sites (N-methyl/N-ethyl adjacent to an activating group) is 1. The molecule has 0 bridgehead atoms. The first-order valence-corrected chi connectivity index (χ1v) is 9.36. The molecule has 0 saturated heterocycles. The van der Waals surface area contributed by atoms with Crippen LogP contribution in [0.25, 0.3) is 0 Å². The van der Waals surface area contributed by atoms with E-state index in [-0.39, 0.29) is 10.8 Å². The molecule has 1 fully saturated rings. The number of carbonyl (C=O) groups is 1. The highest BCUT2D eigenvalue weighted by molar-refractivity contribution is 7.91. The highest BCUT2D eigenvalue weighted by Crippen LogP contribution is 2.29. The Hall–Kier alpha value is -1.14. The van der Waals surface area contributed by atoms with Crippen molar-refractivity contribution in [2.75, 3.05) is 13.6 Å². The SMILES string of the molecule is CN(CC(=O)NC1(C#N)CCCC1)S(=O)(=O)c1ccc(Cl)s1. The summed E-state index contributed by atoms with van der Waals surface area (Å²) in [4.78, 5) is 12.1. The molecular formula is C13H16ClN3O3S2. The zero-order valence-corrected chi connectivity index (χ0v) is 14.4. The van der Waals surface area contributed by atoms with Gasteiger partial charge in [-0.05, 0) is 37.8 Å². The number of carbonyl (C=O) groups excluding carboxylic acids is 1. The van der Waals surface area contributed by atoms with Crippen molar-refractivity contribution in [1.82, 2.24) is 9.62 Å². The summed E-state index contributed by atoms with van der Waals surface area (Å²) in [7, 11) is -2.42. The molecule has 1 amide bonds. The van der Waals surface area contributed by atoms with Gasteiger partial charge >= 0.3 is 0 Å². The maximum Gasteiger partial charge on any atom is 0.252 e. The lowest BCUT2D eigenvalue weighted by Gasteiger charge is -2.23. The van der Waals surface area contributed by atoms with Gasteiger partial charge in [0, 0.05) is 7.05 Å². The summed E-state index contributed by atoms with van der Waals surface area (Å²) >= 11 is 6.69. The fourth-order valence-corrected chi connectivity index (χ4v) is 5.25. The zero-order valence-electron chi connectivity index (χ0n) is 12.0. The predicted octanol–water partition coefficient (Wildman–Crippen LogP) is 1.97. The van der Waals surface area contributed by atoms with Gasteiger partial charge in [-0.25, -0.2) is 8.42 Å². The summed E-state index contributed by atoms with van der Waals surface area (Å²) in [6, 6.07) is 5.04. The van der Waals surface area contributed by atoms with E-state index in [4.69, 9.17) is 11.6 Å². The van der Waals surface area contributed by atoms with Crippen LogP contribution >= 0.6 is 22.9 Å². The van der Waals surface area contributed by atoms with Gasteiger partial charge < -0.3 is 5.32 Å². The summed E-state index contributed by atoms with van der Waals surface area (Å²) < 4.78 is 26.0. The first-order chi connectivity index (χ1) is 10.3. The molecule has 1 aromatic rings. The number of halogens is 1. The van der Waals surface area contributed by atoms with Crippen molar-refractivity contribution in [3.05, 3.63) is 16.5 Å². The molecular weight excluding hydrogens is 346 g/mol. The van der Waals surface area contributed by atoms with Crippen molar-refractivity contribution in [3.63, 3.8) is 0 Å². The van der Waals surface area contributed by atoms with E-state index < -0.39 is 21.5 Å². The lowest BCUT2D eigenvalue weighted by molar-refractivity contribution is -0.122. The van der Waals surface area contributed by atoms with Crippen LogP contribution in [-0.4, -0.2) is 37.8 Å². The van der Waals surface area contributed by atoms with Gasteiger partial charge in [-0.1, -0.05) is 11.6 Å². The van der Waals surface area contributed by atoms with Gasteiger partial charge in [0.15, 0.2) is 0 Å². The van der Waals surface area contributed by atoms with E-state index in [1.807, 2.05) is 0 Å². The molecule has 1 heterocycles. The number of rotatable bonds is 5. The third kappa shape index (κ3) is 3.60. The Labute approximate surface area is 138 Å². The molecule has 1 N–H and O–H groups in total. The van der Waals surface area contributed by atoms with Crippen LogP contribution in [0.2, 0.25) is 4.34 Å². The van der Waals surface area contributed by atoms with E-state index in [9.17, 15) is 18.5 Å². The Bertz CT molecular complexity index is 702. The fourth-order valence-electron chi connectivity index (χ4n) is 2.43. The maximum atomic E-state index is 12.3. The fraction of sp³-hybridized carbons (Fsp3) is 0.538. The average molecular weight is 362 g/mol. The second-order valence-electron chi connectivity index (χ2n) is 5.27. The third-order valence-corrected chi connectivity index (χ3v) is 7.13. The average Bonchev–Trinajstić information content (AvgIpc) is 3.08. The van der Waals surface area contributed by atoms with E-state index in [1.165, 1.54) is 19.2 Å². The highest BCUT2D eigenvalue weighted by Gasteiger charge is 2.36. The molecule has 0 aromatic carbocycles. The molecule has 1 saturated carbocycles. The minimum atomic E-state index is -3.75. The highest BCUT2D eigenvalue weighted by atomic mass is 35.5. The van der Waals surface area contributed by atoms with Gasteiger partial charge in [-0.2, -0.15) is 9.57 Å². The van der Waals surface area contributed by atoms with Crippen LogP contribution in [0, 0.1) is 11.3 Å². The van der Waals surface area contributed by atoms with E-state index >= 15 is 0 Å². The smallest absolute Gasteiger partial charge is 0.252 e. The van der Waals surface area contributed by atoms with Crippen LogP contribution in [-0.2, 0) is 14.8 Å². The largest absolute Gasteiger partial charge is 0.337 e. The van der Waals surface area contributed by atoms with E-state index in [0.29, 0.717) is 17.2 Å². The van der Waals surface area contributed by atoms with E-state index in [2.05, 4.69) is 11.4 Å². The van der Waals surface area contributed by atoms with Crippen molar-refractivity contribution >= 4 is 38.9 Å². The van der Waals surface area contributed by atoms with Crippen LogP contribution in [0.4, 0.5) is 0 Å². The number of thiophene rings is 1. The number of hydrogen-bond donors (Lipinski definition) is 1. The van der Waals surface area contributed by atoms with Gasteiger partial charge in [-0.3, -0.25) is 4.79 Å². The van der Waals surface area contributed by atoms with Gasteiger partial charge in [0.2, 0.25) is 5.91 Å². The minimum absolute atomic E-state index is 0.0867. The third-order valence-electron chi connectivity index (χ3n) is 3.63. The van der Waals surface area contributed by atoms with Crippen molar-refractivity contribution in [3.8, 4) is 6.07 Å². The van der Waals surface area contributed by atoms with Crippen LogP contribution in [0.15, 0.2) is 16.3 Å². The molecule has 1 aliphatic carbocycles. The summed E-state index contributed by atoms with van der Waals surface area (Å²) in [5, 5.41) is 11.9. The summed E-state index contributed by atoms with van der Waals surface area (Å²) in [6.45, 7) is -0.332. The minimum Gasteiger partial charge on any atom is -0.337 e. The number of nitrogens with zero attached hydrogens (tertiary/aromatic N) is 2. The quantitative estimate of drug-likeness (QED) is 0.868. The van der Waals surface area contributed by atoms with Crippen molar-refractivity contribution in [2.24, 2.45) is 0 Å². The number of amides is 1. The van der Waals surface area contributed by atoms with Gasteiger partial charge in [0.05, 0.1) is 17.0 Å². The Kier molecular flexibility index (Phi) is 5.12. The standard InChI is InChI=1S/C13H16ClN3O3S2/c1-17(22(19,20)12-5-4-10(14)21-12)8-11(18)16-13(9-15)6-2-3-7-13/h4-5H,2-3,6-8H2,1H3,(H,16,18). The molecule has 1 aromatic heterocycles. The van der Waals surface area contributed by atoms with Crippen LogP contribution in [0.3, 0.4) is 0 Å². The normalized spacial score (nSPS) is 17.4. The molecule has 0 unspecified atom stereocenters. The molecule has 0 aliphatic heterocycles. The van der Waals surface area contributed by atoms with Crippen molar-refractivity contribution in [1.29, 1.82) is 5.26 Å². The Morgan fingerprint density at radius 1 is 1.50 bits per heavy atom. The zero-order chi connectivity index (χ0) is 16.4. The van der Waals surface area contributed by atoms with Crippen LogP contribution < -0.4 is 5.32 Å². The van der Waals surface area contributed by atoms with E-state index in [1.54, 1.807) is 0 Å².